The molecular formula is C33H43N8O4Si. The number of hydrogen-bond donors (Lipinski definition) is 0. The first-order chi connectivity index (χ1) is 22.5. The number of anilines is 2. The quantitative estimate of drug-likeness (QED) is 0.124. The summed E-state index contributed by atoms with van der Waals surface area (Å²) in [6.45, 7) is 11.6. The number of hydrogen-bond acceptors (Lipinski definition) is 10. The summed E-state index contributed by atoms with van der Waals surface area (Å²) >= 11 is 0. The van der Waals surface area contributed by atoms with E-state index in [1.807, 2.05) is 41.0 Å². The van der Waals surface area contributed by atoms with Crippen LogP contribution < -0.4 is 19.3 Å². The molecule has 5 aromatic rings. The van der Waals surface area contributed by atoms with Gasteiger partial charge in [0.1, 0.15) is 29.6 Å². The number of para-hydroxylation sites is 1. The van der Waals surface area contributed by atoms with E-state index in [1.54, 1.807) is 14.2 Å². The summed E-state index contributed by atoms with van der Waals surface area (Å²) < 4.78 is 27.1. The predicted molar refractivity (Wildman–Crippen MR) is 181 cm³/mol. The van der Waals surface area contributed by atoms with Gasteiger partial charge in [-0.05, 0) is 42.3 Å². The summed E-state index contributed by atoms with van der Waals surface area (Å²) in [4.78, 5) is 19.7. The number of morpholine rings is 1. The lowest BCUT2D eigenvalue weighted by Gasteiger charge is -2.29. The van der Waals surface area contributed by atoms with Gasteiger partial charge in [0, 0.05) is 40.6 Å². The van der Waals surface area contributed by atoms with Crippen LogP contribution in [-0.4, -0.2) is 85.1 Å². The number of aromatic nitrogens is 6. The van der Waals surface area contributed by atoms with E-state index in [0.717, 1.165) is 70.7 Å². The monoisotopic (exact) mass is 643 g/mol. The zero-order valence-corrected chi connectivity index (χ0v) is 28.4. The number of methoxy groups -OCH3 is 2. The summed E-state index contributed by atoms with van der Waals surface area (Å²) in [6, 6.07) is 15.2. The highest BCUT2D eigenvalue weighted by atomic mass is 28.3. The third-order valence-corrected chi connectivity index (χ3v) is 9.43. The maximum atomic E-state index is 6.25. The van der Waals surface area contributed by atoms with Crippen molar-refractivity contribution in [2.75, 3.05) is 56.9 Å². The van der Waals surface area contributed by atoms with Crippen LogP contribution in [0.1, 0.15) is 23.9 Å². The average molecular weight is 644 g/mol. The van der Waals surface area contributed by atoms with E-state index < -0.39 is 8.80 Å². The first-order valence-corrected chi connectivity index (χ1v) is 18.5. The van der Waals surface area contributed by atoms with E-state index in [-0.39, 0.29) is 0 Å². The van der Waals surface area contributed by atoms with Crippen LogP contribution in [0.3, 0.4) is 0 Å². The van der Waals surface area contributed by atoms with Gasteiger partial charge >= 0.3 is 0 Å². The van der Waals surface area contributed by atoms with Crippen LogP contribution in [-0.2, 0) is 35.7 Å². The second-order valence-electron chi connectivity index (χ2n) is 11.7. The minimum atomic E-state index is -0.395. The summed E-state index contributed by atoms with van der Waals surface area (Å²) in [6.07, 6.45) is 2.71. The number of aryl methyl sites for hydroxylation is 1. The van der Waals surface area contributed by atoms with Crippen molar-refractivity contribution in [1.29, 1.82) is 0 Å². The maximum Gasteiger partial charge on any atom is 0.232 e. The summed E-state index contributed by atoms with van der Waals surface area (Å²) in [5.74, 6) is 3.78. The second-order valence-corrected chi connectivity index (χ2v) is 14.6. The van der Waals surface area contributed by atoms with Crippen LogP contribution in [0.25, 0.3) is 16.7 Å². The molecule has 1 aliphatic rings. The van der Waals surface area contributed by atoms with Crippen molar-refractivity contribution < 1.29 is 18.9 Å². The highest BCUT2D eigenvalue weighted by Crippen LogP contribution is 2.30. The molecule has 6 rings (SSSR count). The molecule has 2 aromatic carbocycles. The second kappa shape index (κ2) is 14.5. The minimum absolute atomic E-state index is 0.373. The standard InChI is InChI=1S/C33H43N8O4Si/c1-6-25-20-34-41-31(25)36-32(38-14-16-44-17-15-38)37-33(41)39(21-24-10-12-26(42-2)13-11-24)22-29-35-27-8-7-9-28(43-3)30(27)40(29)23-45-18-19-46(4)5/h7-13,20H,6,14-19,21-23H2,1-5H3. The number of benzene rings is 2. The molecule has 1 saturated heterocycles. The van der Waals surface area contributed by atoms with Crippen LogP contribution >= 0.6 is 0 Å². The molecule has 3 aromatic heterocycles. The number of rotatable bonds is 14. The molecule has 1 aliphatic heterocycles. The van der Waals surface area contributed by atoms with Gasteiger partial charge in [-0.3, -0.25) is 4.57 Å². The molecule has 46 heavy (non-hydrogen) atoms. The van der Waals surface area contributed by atoms with Crippen molar-refractivity contribution in [3.05, 3.63) is 65.6 Å². The van der Waals surface area contributed by atoms with Crippen molar-refractivity contribution >= 4 is 37.4 Å². The molecule has 0 amide bonds. The average Bonchev–Trinajstić information content (AvgIpc) is 3.67. The largest absolute Gasteiger partial charge is 0.497 e. The molecule has 0 bridgehead atoms. The Morgan fingerprint density at radius 2 is 1.76 bits per heavy atom. The van der Waals surface area contributed by atoms with Crippen LogP contribution in [0.4, 0.5) is 11.9 Å². The lowest BCUT2D eigenvalue weighted by atomic mass is 10.2. The summed E-state index contributed by atoms with van der Waals surface area (Å²) in [7, 11) is 2.98. The van der Waals surface area contributed by atoms with Crippen LogP contribution in [0.2, 0.25) is 19.1 Å². The van der Waals surface area contributed by atoms with E-state index in [1.165, 1.54) is 0 Å². The smallest absolute Gasteiger partial charge is 0.232 e. The first kappa shape index (κ1) is 31.8. The normalized spacial score (nSPS) is 13.7. The van der Waals surface area contributed by atoms with Crippen LogP contribution in [0.5, 0.6) is 11.5 Å². The van der Waals surface area contributed by atoms with Gasteiger partial charge in [-0.15, -0.1) is 0 Å². The Labute approximate surface area is 271 Å². The third-order valence-electron chi connectivity index (χ3n) is 8.23. The van der Waals surface area contributed by atoms with E-state index in [2.05, 4.69) is 46.5 Å². The summed E-state index contributed by atoms with van der Waals surface area (Å²) in [5.41, 5.74) is 4.74. The molecular weight excluding hydrogens is 601 g/mol. The number of nitrogens with zero attached hydrogens (tertiary/aromatic N) is 8. The maximum absolute atomic E-state index is 6.25. The predicted octanol–water partition coefficient (Wildman–Crippen LogP) is 4.83. The SMILES string of the molecule is CCc1cnn2c(N(Cc3ccc(OC)cc3)Cc3nc4cccc(OC)c4n3COCC[Si](C)C)nc(N3CCOCC3)nc12. The topological polar surface area (TPSA) is 104 Å². The van der Waals surface area contributed by atoms with E-state index in [4.69, 9.17) is 39.0 Å². The Morgan fingerprint density at radius 3 is 2.48 bits per heavy atom. The Bertz CT molecular complexity index is 1750. The van der Waals surface area contributed by atoms with Gasteiger partial charge in [0.05, 0.1) is 45.7 Å². The molecule has 0 N–H and O–H groups in total. The van der Waals surface area contributed by atoms with Gasteiger partial charge in [0.25, 0.3) is 0 Å². The molecule has 0 atom stereocenters. The number of imidazole rings is 1. The number of fused-ring (bicyclic) bond motifs is 2. The van der Waals surface area contributed by atoms with E-state index in [9.17, 15) is 0 Å². The van der Waals surface area contributed by atoms with Gasteiger partial charge in [0.2, 0.25) is 11.9 Å². The Morgan fingerprint density at radius 1 is 0.957 bits per heavy atom. The fourth-order valence-electron chi connectivity index (χ4n) is 5.63. The van der Waals surface area contributed by atoms with Crippen molar-refractivity contribution in [1.82, 2.24) is 29.1 Å². The van der Waals surface area contributed by atoms with Crippen molar-refractivity contribution in [2.45, 2.75) is 52.3 Å². The molecule has 13 heteroatoms. The molecule has 12 nitrogen and oxygen atoms in total. The Kier molecular flexibility index (Phi) is 10.0. The molecule has 0 saturated carbocycles. The fourth-order valence-corrected chi connectivity index (χ4v) is 6.19. The highest BCUT2D eigenvalue weighted by molar-refractivity contribution is 6.55. The van der Waals surface area contributed by atoms with Crippen molar-refractivity contribution in [2.24, 2.45) is 0 Å². The van der Waals surface area contributed by atoms with Crippen LogP contribution in [0.15, 0.2) is 48.7 Å². The van der Waals surface area contributed by atoms with Gasteiger partial charge in [-0.1, -0.05) is 38.2 Å². The number of ether oxygens (including phenoxy) is 4. The van der Waals surface area contributed by atoms with E-state index in [0.29, 0.717) is 51.5 Å². The van der Waals surface area contributed by atoms with Gasteiger partial charge < -0.3 is 28.7 Å². The lowest BCUT2D eigenvalue weighted by Crippen LogP contribution is -2.38. The molecule has 1 radical (unpaired) electrons. The van der Waals surface area contributed by atoms with Crippen molar-refractivity contribution in [3.63, 3.8) is 0 Å². The lowest BCUT2D eigenvalue weighted by molar-refractivity contribution is 0.0879. The molecule has 243 valence electrons. The van der Waals surface area contributed by atoms with Gasteiger partial charge in [-0.2, -0.15) is 19.6 Å². The molecule has 4 heterocycles. The van der Waals surface area contributed by atoms with E-state index >= 15 is 0 Å². The van der Waals surface area contributed by atoms with Gasteiger partial charge in [0.15, 0.2) is 5.65 Å². The van der Waals surface area contributed by atoms with Crippen molar-refractivity contribution in [3.8, 4) is 11.5 Å². The Hall–Kier alpha value is -4.20. The third kappa shape index (κ3) is 6.81. The highest BCUT2D eigenvalue weighted by Gasteiger charge is 2.25. The molecule has 0 unspecified atom stereocenters. The molecule has 0 aliphatic carbocycles. The zero-order chi connectivity index (χ0) is 32.0. The van der Waals surface area contributed by atoms with Gasteiger partial charge in [-0.25, -0.2) is 4.98 Å². The minimum Gasteiger partial charge on any atom is -0.497 e. The van der Waals surface area contributed by atoms with Crippen LogP contribution in [0, 0.1) is 0 Å². The molecule has 1 fully saturated rings. The first-order valence-electron chi connectivity index (χ1n) is 15.8. The summed E-state index contributed by atoms with van der Waals surface area (Å²) in [5, 5.41) is 4.79. The zero-order valence-electron chi connectivity index (χ0n) is 27.4. The molecule has 0 spiro atoms. The Balaban J connectivity index is 1.47. The fraction of sp³-hybridized carbons (Fsp3) is 0.455.